The molecule has 0 radical (unpaired) electrons. The van der Waals surface area contributed by atoms with Gasteiger partial charge in [-0.05, 0) is 48.5 Å². The number of hydrogen-bond donors (Lipinski definition) is 0. The van der Waals surface area contributed by atoms with Crippen molar-refractivity contribution in [3.8, 4) is 23.3 Å². The third-order valence-electron chi connectivity index (χ3n) is 5.09. The second kappa shape index (κ2) is 9.55. The van der Waals surface area contributed by atoms with Crippen LogP contribution in [0.2, 0.25) is 0 Å². The lowest BCUT2D eigenvalue weighted by Crippen LogP contribution is -2.14. The normalized spacial score (nSPS) is 10.5. The molecule has 4 rings (SSSR count). The van der Waals surface area contributed by atoms with Gasteiger partial charge in [-0.25, -0.2) is 0 Å². The van der Waals surface area contributed by atoms with Crippen LogP contribution in [-0.2, 0) is 0 Å². The first-order chi connectivity index (χ1) is 16.0. The van der Waals surface area contributed by atoms with Crippen molar-refractivity contribution in [3.05, 3.63) is 88.3 Å². The molecular weight excluding hydrogens is 438 g/mol. The van der Waals surface area contributed by atoms with E-state index in [1.54, 1.807) is 42.5 Å². The van der Waals surface area contributed by atoms with Gasteiger partial charge in [-0.15, -0.1) is 11.3 Å². The molecule has 1 heterocycles. The minimum atomic E-state index is -0.290. The highest BCUT2D eigenvalue weighted by Gasteiger charge is 2.23. The van der Waals surface area contributed by atoms with Gasteiger partial charge in [-0.3, -0.25) is 9.59 Å². The smallest absolute Gasteiger partial charge is 0.206 e. The number of benzene rings is 3. The van der Waals surface area contributed by atoms with Gasteiger partial charge in [0, 0.05) is 21.7 Å². The van der Waals surface area contributed by atoms with Crippen LogP contribution < -0.4 is 14.2 Å². The number of ether oxygens (including phenoxy) is 3. The first-order valence-corrected chi connectivity index (χ1v) is 10.8. The molecule has 0 saturated carbocycles. The SMILES string of the molecule is COc1ccc(C(=O)COc2c(C(=O)c3ccc(C#N)cc3)sc3ccccc23)c(OC)c1. The number of Topliss-reactive ketones (excluding diaryl/α,β-unsaturated/α-hetero) is 1. The lowest BCUT2D eigenvalue weighted by atomic mass is 10.1. The second-order valence-corrected chi connectivity index (χ2v) is 8.11. The van der Waals surface area contributed by atoms with Gasteiger partial charge < -0.3 is 14.2 Å². The molecule has 1 aromatic heterocycles. The van der Waals surface area contributed by atoms with Gasteiger partial charge in [0.1, 0.15) is 22.1 Å². The molecule has 0 spiro atoms. The topological polar surface area (TPSA) is 85.6 Å². The van der Waals surface area contributed by atoms with Crippen molar-refractivity contribution in [3.63, 3.8) is 0 Å². The third-order valence-corrected chi connectivity index (χ3v) is 6.24. The molecule has 0 aliphatic heterocycles. The highest BCUT2D eigenvalue weighted by Crippen LogP contribution is 2.39. The number of hydrogen-bond acceptors (Lipinski definition) is 7. The number of ketones is 2. The molecule has 33 heavy (non-hydrogen) atoms. The van der Waals surface area contributed by atoms with E-state index in [9.17, 15) is 9.59 Å². The Morgan fingerprint density at radius 3 is 2.42 bits per heavy atom. The van der Waals surface area contributed by atoms with E-state index in [-0.39, 0.29) is 18.2 Å². The maximum Gasteiger partial charge on any atom is 0.206 e. The maximum absolute atomic E-state index is 13.3. The summed E-state index contributed by atoms with van der Waals surface area (Å²) < 4.78 is 17.3. The predicted octanol–water partition coefficient (Wildman–Crippen LogP) is 5.28. The third kappa shape index (κ3) is 4.43. The number of nitriles is 1. The zero-order valence-electron chi connectivity index (χ0n) is 18.0. The van der Waals surface area contributed by atoms with Gasteiger partial charge in [-0.2, -0.15) is 5.26 Å². The Bertz CT molecular complexity index is 1380. The summed E-state index contributed by atoms with van der Waals surface area (Å²) in [5.74, 6) is 0.799. The second-order valence-electron chi connectivity index (χ2n) is 7.05. The van der Waals surface area contributed by atoms with Gasteiger partial charge in [0.2, 0.25) is 11.6 Å². The molecule has 4 aromatic rings. The number of carbonyl (C=O) groups excluding carboxylic acids is 2. The molecule has 0 N–H and O–H groups in total. The highest BCUT2D eigenvalue weighted by molar-refractivity contribution is 7.21. The lowest BCUT2D eigenvalue weighted by Gasteiger charge is -2.11. The molecule has 0 saturated heterocycles. The number of fused-ring (bicyclic) bond motifs is 1. The largest absolute Gasteiger partial charge is 0.497 e. The number of rotatable bonds is 8. The molecule has 3 aromatic carbocycles. The van der Waals surface area contributed by atoms with Gasteiger partial charge in [0.25, 0.3) is 0 Å². The van der Waals surface area contributed by atoms with E-state index in [1.165, 1.54) is 25.6 Å². The van der Waals surface area contributed by atoms with Crippen molar-refractivity contribution in [2.75, 3.05) is 20.8 Å². The Kier molecular flexibility index (Phi) is 6.38. The molecule has 0 aliphatic carbocycles. The van der Waals surface area contributed by atoms with Crippen LogP contribution in [0, 0.1) is 11.3 Å². The van der Waals surface area contributed by atoms with Crippen molar-refractivity contribution in [1.82, 2.24) is 0 Å². The lowest BCUT2D eigenvalue weighted by molar-refractivity contribution is 0.0914. The molecule has 0 bridgehead atoms. The number of thiophene rings is 1. The Morgan fingerprint density at radius 1 is 0.970 bits per heavy atom. The minimum absolute atomic E-state index is 0.231. The van der Waals surface area contributed by atoms with E-state index < -0.39 is 0 Å². The number of nitrogens with zero attached hydrogens (tertiary/aromatic N) is 1. The van der Waals surface area contributed by atoms with Crippen molar-refractivity contribution in [2.24, 2.45) is 0 Å². The van der Waals surface area contributed by atoms with Crippen molar-refractivity contribution in [1.29, 1.82) is 5.26 Å². The standard InChI is InChI=1S/C26H19NO5S/c1-30-18-11-12-19(22(13-18)31-2)21(28)15-32-25-20-5-3-4-6-23(20)33-26(25)24(29)17-9-7-16(14-27)8-10-17/h3-13H,15H2,1-2H3. The van der Waals surface area contributed by atoms with E-state index in [4.69, 9.17) is 19.5 Å². The van der Waals surface area contributed by atoms with Crippen LogP contribution in [0.3, 0.4) is 0 Å². The average molecular weight is 458 g/mol. The predicted molar refractivity (Wildman–Crippen MR) is 126 cm³/mol. The Balaban J connectivity index is 1.66. The van der Waals surface area contributed by atoms with Crippen molar-refractivity contribution < 1.29 is 23.8 Å². The molecular formula is C26H19NO5S. The minimum Gasteiger partial charge on any atom is -0.497 e. The summed E-state index contributed by atoms with van der Waals surface area (Å²) >= 11 is 1.30. The summed E-state index contributed by atoms with van der Waals surface area (Å²) in [5.41, 5.74) is 1.27. The number of carbonyl (C=O) groups is 2. The first kappa shape index (κ1) is 22.1. The van der Waals surface area contributed by atoms with E-state index >= 15 is 0 Å². The summed E-state index contributed by atoms with van der Waals surface area (Å²) in [5, 5.41) is 9.76. The Labute approximate surface area is 194 Å². The molecule has 6 nitrogen and oxygen atoms in total. The van der Waals surface area contributed by atoms with Gasteiger partial charge in [-0.1, -0.05) is 12.1 Å². The van der Waals surface area contributed by atoms with Crippen LogP contribution >= 0.6 is 11.3 Å². The van der Waals surface area contributed by atoms with E-state index in [2.05, 4.69) is 0 Å². The fraction of sp³-hybridized carbons (Fsp3) is 0.115. The monoisotopic (exact) mass is 457 g/mol. The fourth-order valence-electron chi connectivity index (χ4n) is 3.39. The zero-order valence-corrected chi connectivity index (χ0v) is 18.8. The maximum atomic E-state index is 13.3. The number of methoxy groups -OCH3 is 2. The van der Waals surface area contributed by atoms with Crippen molar-refractivity contribution >= 4 is 33.0 Å². The molecule has 7 heteroatoms. The molecule has 164 valence electrons. The van der Waals surface area contributed by atoms with Crippen LogP contribution in [0.5, 0.6) is 17.2 Å². The summed E-state index contributed by atoms with van der Waals surface area (Å²) in [6, 6.07) is 20.9. The fourth-order valence-corrected chi connectivity index (χ4v) is 4.50. The quantitative estimate of drug-likeness (QED) is 0.335. The summed E-state index contributed by atoms with van der Waals surface area (Å²) in [6.45, 7) is -0.267. The first-order valence-electron chi connectivity index (χ1n) is 10.00. The van der Waals surface area contributed by atoms with E-state index in [0.717, 1.165) is 10.1 Å². The molecule has 0 amide bonds. The van der Waals surface area contributed by atoms with Crippen LogP contribution in [-0.4, -0.2) is 32.4 Å². The Morgan fingerprint density at radius 2 is 1.73 bits per heavy atom. The van der Waals surface area contributed by atoms with Gasteiger partial charge in [0.05, 0.1) is 31.4 Å². The summed E-state index contributed by atoms with van der Waals surface area (Å²) in [4.78, 5) is 26.6. The molecule has 0 fully saturated rings. The Hall–Kier alpha value is -4.15. The van der Waals surface area contributed by atoms with Crippen LogP contribution in [0.4, 0.5) is 0 Å². The van der Waals surface area contributed by atoms with Gasteiger partial charge in [0.15, 0.2) is 6.61 Å². The highest BCUT2D eigenvalue weighted by atomic mass is 32.1. The van der Waals surface area contributed by atoms with E-state index in [1.807, 2.05) is 30.3 Å². The van der Waals surface area contributed by atoms with Crippen LogP contribution in [0.15, 0.2) is 66.7 Å². The molecule has 0 aliphatic rings. The van der Waals surface area contributed by atoms with Gasteiger partial charge >= 0.3 is 0 Å². The van der Waals surface area contributed by atoms with Crippen molar-refractivity contribution in [2.45, 2.75) is 0 Å². The van der Waals surface area contributed by atoms with Crippen LogP contribution in [0.1, 0.15) is 31.2 Å². The zero-order chi connectivity index (χ0) is 23.4. The molecule has 0 unspecified atom stereocenters. The van der Waals surface area contributed by atoms with Crippen LogP contribution in [0.25, 0.3) is 10.1 Å². The summed E-state index contributed by atoms with van der Waals surface area (Å²) in [7, 11) is 3.01. The molecule has 0 atom stereocenters. The average Bonchev–Trinajstić information content (AvgIpc) is 3.24. The summed E-state index contributed by atoms with van der Waals surface area (Å²) in [6.07, 6.45) is 0. The van der Waals surface area contributed by atoms with E-state index in [0.29, 0.717) is 38.8 Å².